The Kier molecular flexibility index (Phi) is 5.52. The summed E-state index contributed by atoms with van der Waals surface area (Å²) in [6, 6.07) is 5.39. The van der Waals surface area contributed by atoms with E-state index in [1.54, 1.807) is 18.3 Å². The minimum atomic E-state index is -0.813. The summed E-state index contributed by atoms with van der Waals surface area (Å²) in [5, 5.41) is 10.8. The molecule has 1 saturated heterocycles. The quantitative estimate of drug-likeness (QED) is 0.693. The van der Waals surface area contributed by atoms with Crippen molar-refractivity contribution in [3.63, 3.8) is 0 Å². The Bertz CT molecular complexity index is 920. The lowest BCUT2D eigenvalue weighted by Gasteiger charge is -2.39. The van der Waals surface area contributed by atoms with Crippen molar-refractivity contribution < 1.29 is 19.4 Å². The van der Waals surface area contributed by atoms with E-state index >= 15 is 0 Å². The van der Waals surface area contributed by atoms with Crippen LogP contribution in [0.15, 0.2) is 24.4 Å². The third-order valence-corrected chi connectivity index (χ3v) is 6.87. The molecular formula is C21H25N3O4S. The number of rotatable bonds is 6. The number of ketones is 1. The Hall–Kier alpha value is -2.13. The zero-order valence-corrected chi connectivity index (χ0v) is 17.2. The van der Waals surface area contributed by atoms with Gasteiger partial charge in [0.05, 0.1) is 17.2 Å². The second-order valence-electron chi connectivity index (χ2n) is 7.93. The number of nitrogens with zero attached hydrogens (tertiary/aromatic N) is 2. The number of nitrogens with two attached hydrogens (primary N) is 1. The smallest absolute Gasteiger partial charge is 0.338 e. The van der Waals surface area contributed by atoms with E-state index in [9.17, 15) is 14.7 Å². The molecule has 0 bridgehead atoms. The van der Waals surface area contributed by atoms with E-state index in [1.807, 2.05) is 13.0 Å². The lowest BCUT2D eigenvalue weighted by Crippen LogP contribution is -2.56. The van der Waals surface area contributed by atoms with Crippen molar-refractivity contribution in [2.75, 3.05) is 19.6 Å². The van der Waals surface area contributed by atoms with Crippen LogP contribution in [0.4, 0.5) is 0 Å². The van der Waals surface area contributed by atoms with Gasteiger partial charge in [0.15, 0.2) is 5.78 Å². The number of ether oxygens (including phenoxy) is 1. The van der Waals surface area contributed by atoms with Crippen LogP contribution in [0.5, 0.6) is 0 Å². The highest BCUT2D eigenvalue weighted by Crippen LogP contribution is 2.30. The largest absolute Gasteiger partial charge is 0.457 e. The number of piperidine rings is 1. The van der Waals surface area contributed by atoms with Crippen LogP contribution in [0.2, 0.25) is 0 Å². The molecule has 8 heteroatoms. The molecule has 2 aromatic rings. The third kappa shape index (κ3) is 3.98. The van der Waals surface area contributed by atoms with Gasteiger partial charge >= 0.3 is 5.97 Å². The van der Waals surface area contributed by atoms with Crippen LogP contribution < -0.4 is 5.73 Å². The molecule has 1 atom stereocenters. The number of benzene rings is 1. The number of carbonyl (C=O) groups excluding carboxylic acids is 2. The summed E-state index contributed by atoms with van der Waals surface area (Å²) < 4.78 is 9.13. The molecule has 3 heterocycles. The molecule has 29 heavy (non-hydrogen) atoms. The minimum absolute atomic E-state index is 0.0566. The molecule has 0 saturated carbocycles. The predicted octanol–water partition coefficient (Wildman–Crippen LogP) is 1.76. The molecule has 154 valence electrons. The van der Waals surface area contributed by atoms with Gasteiger partial charge in [-0.3, -0.25) is 4.79 Å². The first kappa shape index (κ1) is 20.2. The molecule has 7 nitrogen and oxygen atoms in total. The molecule has 4 rings (SSSR count). The molecular weight excluding hydrogens is 390 g/mol. The van der Waals surface area contributed by atoms with Gasteiger partial charge in [-0.1, -0.05) is 6.07 Å². The summed E-state index contributed by atoms with van der Waals surface area (Å²) >= 11 is 1.33. The average Bonchev–Trinajstić information content (AvgIpc) is 3.34. The molecule has 1 fully saturated rings. The second-order valence-corrected chi connectivity index (χ2v) is 8.85. The van der Waals surface area contributed by atoms with Crippen LogP contribution >= 0.6 is 11.5 Å². The number of cyclic esters (lactones) is 1. The number of aromatic nitrogens is 1. The first-order valence-corrected chi connectivity index (χ1v) is 10.6. The maximum atomic E-state index is 12.7. The average molecular weight is 416 g/mol. The molecule has 0 aliphatic carbocycles. The molecule has 2 aliphatic heterocycles. The molecule has 3 N–H and O–H groups in total. The molecule has 0 unspecified atom stereocenters. The lowest BCUT2D eigenvalue weighted by atomic mass is 9.83. The highest BCUT2D eigenvalue weighted by molar-refractivity contribution is 7.05. The van der Waals surface area contributed by atoms with Gasteiger partial charge in [0.2, 0.25) is 0 Å². The predicted molar refractivity (Wildman–Crippen MR) is 109 cm³/mol. The SMILES string of the molecule is Cc1c([C@@H](O)CN2CCC(N)(C(=O)Cc3ccns3)CC2)ccc2c1COC2=O. The van der Waals surface area contributed by atoms with Crippen LogP contribution in [0.1, 0.15) is 50.9 Å². The molecule has 0 radical (unpaired) electrons. The van der Waals surface area contributed by atoms with Crippen molar-refractivity contribution in [3.8, 4) is 0 Å². The van der Waals surface area contributed by atoms with Crippen LogP contribution in [0.3, 0.4) is 0 Å². The topological polar surface area (TPSA) is 106 Å². The number of aliphatic hydroxyl groups excluding tert-OH is 1. The summed E-state index contributed by atoms with van der Waals surface area (Å²) in [6.45, 7) is 3.97. The Morgan fingerprint density at radius 2 is 2.14 bits per heavy atom. The number of aliphatic hydroxyl groups is 1. The fraction of sp³-hybridized carbons (Fsp3) is 0.476. The van der Waals surface area contributed by atoms with Gasteiger partial charge in [-0.05, 0) is 54.6 Å². The number of hydrogen-bond donors (Lipinski definition) is 2. The van der Waals surface area contributed by atoms with Gasteiger partial charge in [0.1, 0.15) is 6.61 Å². The van der Waals surface area contributed by atoms with Gasteiger partial charge in [-0.15, -0.1) is 0 Å². The summed E-state index contributed by atoms with van der Waals surface area (Å²) in [7, 11) is 0. The van der Waals surface area contributed by atoms with Crippen LogP contribution in [0.25, 0.3) is 0 Å². The van der Waals surface area contributed by atoms with Crippen molar-refractivity contribution in [1.29, 1.82) is 0 Å². The Morgan fingerprint density at radius 3 is 2.83 bits per heavy atom. The minimum Gasteiger partial charge on any atom is -0.457 e. The van der Waals surface area contributed by atoms with E-state index in [4.69, 9.17) is 10.5 Å². The zero-order valence-electron chi connectivity index (χ0n) is 16.4. The van der Waals surface area contributed by atoms with Crippen LogP contribution in [-0.2, 0) is 22.6 Å². The van der Waals surface area contributed by atoms with Crippen molar-refractivity contribution in [2.45, 2.75) is 44.4 Å². The number of hydrogen-bond acceptors (Lipinski definition) is 8. The Morgan fingerprint density at radius 1 is 1.38 bits per heavy atom. The number of β-amino-alcohol motifs (C(OH)–C–C–N with tert-alkyl or cyclic N) is 1. The first-order chi connectivity index (χ1) is 13.9. The highest BCUT2D eigenvalue weighted by atomic mass is 32.1. The van der Waals surface area contributed by atoms with E-state index in [-0.39, 0.29) is 18.4 Å². The first-order valence-electron chi connectivity index (χ1n) is 9.79. The summed E-state index contributed by atoms with van der Waals surface area (Å²) in [4.78, 5) is 27.4. The maximum Gasteiger partial charge on any atom is 0.338 e. The maximum absolute atomic E-state index is 12.7. The molecule has 1 aromatic heterocycles. The van der Waals surface area contributed by atoms with Crippen molar-refractivity contribution in [2.24, 2.45) is 5.73 Å². The van der Waals surface area contributed by atoms with Gasteiger partial charge in [-0.25, -0.2) is 9.17 Å². The fourth-order valence-electron chi connectivity index (χ4n) is 4.15. The molecule has 1 aromatic carbocycles. The Balaban J connectivity index is 1.36. The number of carbonyl (C=O) groups is 2. The zero-order chi connectivity index (χ0) is 20.6. The number of esters is 1. The third-order valence-electron chi connectivity index (χ3n) is 6.13. The van der Waals surface area contributed by atoms with E-state index in [0.717, 1.165) is 21.6 Å². The standard InChI is InChI=1S/C21H25N3O4S/c1-13-15(2-3-16-17(13)12-28-20(16)27)18(25)11-24-8-5-21(22,6-9-24)19(26)10-14-4-7-23-29-14/h2-4,7,18,25H,5-6,8-12,22H2,1H3/t18-/m0/s1. The van der Waals surface area contributed by atoms with Crippen LogP contribution in [-0.4, -0.2) is 51.3 Å². The Labute approximate surface area is 173 Å². The molecule has 2 aliphatic rings. The van der Waals surface area contributed by atoms with E-state index in [0.29, 0.717) is 44.5 Å². The monoisotopic (exact) mass is 415 g/mol. The van der Waals surface area contributed by atoms with Gasteiger partial charge in [0.25, 0.3) is 0 Å². The van der Waals surface area contributed by atoms with Gasteiger partial charge < -0.3 is 20.5 Å². The van der Waals surface area contributed by atoms with Crippen molar-refractivity contribution >= 4 is 23.3 Å². The summed E-state index contributed by atoms with van der Waals surface area (Å²) in [5.41, 5.74) is 8.78. The van der Waals surface area contributed by atoms with Crippen LogP contribution in [0, 0.1) is 6.92 Å². The molecule has 0 amide bonds. The number of fused-ring (bicyclic) bond motifs is 1. The van der Waals surface area contributed by atoms with Crippen molar-refractivity contribution in [1.82, 2.24) is 9.27 Å². The fourth-order valence-corrected chi connectivity index (χ4v) is 4.73. The van der Waals surface area contributed by atoms with Gasteiger partial charge in [0, 0.05) is 42.7 Å². The second kappa shape index (κ2) is 7.95. The van der Waals surface area contributed by atoms with E-state index in [2.05, 4.69) is 9.27 Å². The highest BCUT2D eigenvalue weighted by Gasteiger charge is 2.38. The summed E-state index contributed by atoms with van der Waals surface area (Å²) in [5.74, 6) is -0.247. The lowest BCUT2D eigenvalue weighted by molar-refractivity contribution is -0.125. The van der Waals surface area contributed by atoms with Gasteiger partial charge in [-0.2, -0.15) is 0 Å². The van der Waals surface area contributed by atoms with E-state index in [1.165, 1.54) is 11.5 Å². The van der Waals surface area contributed by atoms with Crippen molar-refractivity contribution in [3.05, 3.63) is 51.5 Å². The number of Topliss-reactive ketones (excluding diaryl/α,β-unsaturated/α-hetero) is 1. The van der Waals surface area contributed by atoms with E-state index < -0.39 is 11.6 Å². The summed E-state index contributed by atoms with van der Waals surface area (Å²) in [6.07, 6.45) is 2.50. The molecule has 0 spiro atoms. The number of likely N-dealkylation sites (tertiary alicyclic amines) is 1. The normalized spacial score (nSPS) is 19.6.